The maximum absolute atomic E-state index is 5.59. The molecule has 1 aromatic rings. The molecule has 0 fully saturated rings. The van der Waals surface area contributed by atoms with E-state index in [1.165, 1.54) is 4.88 Å². The Hall–Kier alpha value is 0.1000. The number of hydrogen-bond acceptors (Lipinski definition) is 3. The average molecular weight is 278 g/mol. The van der Waals surface area contributed by atoms with Crippen LogP contribution in [0.4, 0.5) is 0 Å². The van der Waals surface area contributed by atoms with Crippen LogP contribution in [0.2, 0.25) is 0 Å². The quantitative estimate of drug-likeness (QED) is 0.893. The molecule has 14 heavy (non-hydrogen) atoms. The maximum Gasteiger partial charge on any atom is 0.0672 e. The Morgan fingerprint density at radius 1 is 1.57 bits per heavy atom. The lowest BCUT2D eigenvalue weighted by atomic mass is 10.2. The predicted octanol–water partition coefficient (Wildman–Crippen LogP) is 3.20. The van der Waals surface area contributed by atoms with E-state index in [1.807, 2.05) is 7.05 Å². The molecule has 0 bridgehead atoms. The molecule has 0 aliphatic rings. The van der Waals surface area contributed by atoms with E-state index < -0.39 is 0 Å². The molecule has 1 atom stereocenters. The molecule has 0 saturated carbocycles. The second-order valence-electron chi connectivity index (χ2n) is 3.39. The first-order valence-electron chi connectivity index (χ1n) is 4.66. The van der Waals surface area contributed by atoms with E-state index in [0.717, 1.165) is 11.1 Å². The van der Waals surface area contributed by atoms with Crippen molar-refractivity contribution in [2.75, 3.05) is 13.7 Å². The summed E-state index contributed by atoms with van der Waals surface area (Å²) in [5.74, 6) is 0. The molecule has 1 rings (SSSR count). The summed E-state index contributed by atoms with van der Waals surface area (Å²) in [4.78, 5) is 1.31. The number of rotatable bonds is 5. The van der Waals surface area contributed by atoms with Crippen molar-refractivity contribution >= 4 is 27.3 Å². The van der Waals surface area contributed by atoms with Gasteiger partial charge in [-0.05, 0) is 42.9 Å². The molecular weight excluding hydrogens is 262 g/mol. The van der Waals surface area contributed by atoms with E-state index >= 15 is 0 Å². The summed E-state index contributed by atoms with van der Waals surface area (Å²) in [5.41, 5.74) is 0. The van der Waals surface area contributed by atoms with Crippen LogP contribution in [0.3, 0.4) is 0 Å². The summed E-state index contributed by atoms with van der Waals surface area (Å²) >= 11 is 5.20. The molecule has 0 saturated heterocycles. The van der Waals surface area contributed by atoms with E-state index in [1.54, 1.807) is 11.3 Å². The lowest BCUT2D eigenvalue weighted by molar-refractivity contribution is 0.0632. The minimum absolute atomic E-state index is 0.286. The highest BCUT2D eigenvalue weighted by Crippen LogP contribution is 2.25. The van der Waals surface area contributed by atoms with Crippen molar-refractivity contribution in [3.63, 3.8) is 0 Å². The van der Waals surface area contributed by atoms with Crippen LogP contribution in [0.5, 0.6) is 0 Å². The third kappa shape index (κ3) is 3.69. The minimum atomic E-state index is 0.286. The number of nitrogens with one attached hydrogen (secondary N) is 1. The second kappa shape index (κ2) is 5.85. The SMILES string of the molecule is CNC(COC(C)C)c1cc(Br)cs1. The zero-order chi connectivity index (χ0) is 10.6. The topological polar surface area (TPSA) is 21.3 Å². The van der Waals surface area contributed by atoms with Gasteiger partial charge in [0.2, 0.25) is 0 Å². The lowest BCUT2D eigenvalue weighted by Crippen LogP contribution is -2.22. The zero-order valence-corrected chi connectivity index (χ0v) is 11.1. The fraction of sp³-hybridized carbons (Fsp3) is 0.600. The average Bonchev–Trinajstić information content (AvgIpc) is 2.53. The highest BCUT2D eigenvalue weighted by atomic mass is 79.9. The summed E-state index contributed by atoms with van der Waals surface area (Å²) in [5, 5.41) is 5.34. The smallest absolute Gasteiger partial charge is 0.0672 e. The molecule has 0 radical (unpaired) electrons. The molecule has 0 aliphatic carbocycles. The van der Waals surface area contributed by atoms with Crippen LogP contribution in [0, 0.1) is 0 Å². The van der Waals surface area contributed by atoms with Crippen molar-refractivity contribution in [1.82, 2.24) is 5.32 Å². The van der Waals surface area contributed by atoms with E-state index in [4.69, 9.17) is 4.74 Å². The molecule has 4 heteroatoms. The Bertz CT molecular complexity index is 275. The van der Waals surface area contributed by atoms with Gasteiger partial charge < -0.3 is 10.1 Å². The van der Waals surface area contributed by atoms with Crippen LogP contribution >= 0.6 is 27.3 Å². The monoisotopic (exact) mass is 277 g/mol. The Morgan fingerprint density at radius 2 is 2.29 bits per heavy atom. The maximum atomic E-state index is 5.59. The van der Waals surface area contributed by atoms with E-state index in [9.17, 15) is 0 Å². The van der Waals surface area contributed by atoms with Crippen LogP contribution in [0.25, 0.3) is 0 Å². The van der Waals surface area contributed by atoms with Crippen molar-refractivity contribution in [2.24, 2.45) is 0 Å². The van der Waals surface area contributed by atoms with Crippen molar-refractivity contribution in [3.8, 4) is 0 Å². The van der Waals surface area contributed by atoms with Gasteiger partial charge in [-0.25, -0.2) is 0 Å². The van der Waals surface area contributed by atoms with Gasteiger partial charge in [0.1, 0.15) is 0 Å². The van der Waals surface area contributed by atoms with Crippen LogP contribution < -0.4 is 5.32 Å². The highest BCUT2D eigenvalue weighted by Gasteiger charge is 2.12. The number of hydrogen-bond donors (Lipinski definition) is 1. The fourth-order valence-electron chi connectivity index (χ4n) is 1.11. The highest BCUT2D eigenvalue weighted by molar-refractivity contribution is 9.10. The number of likely N-dealkylation sites (N-methyl/N-ethyl adjacent to an activating group) is 1. The molecule has 0 aromatic carbocycles. The van der Waals surface area contributed by atoms with Crippen molar-refractivity contribution in [3.05, 3.63) is 20.8 Å². The van der Waals surface area contributed by atoms with Crippen LogP contribution in [-0.4, -0.2) is 19.8 Å². The summed E-state index contributed by atoms with van der Waals surface area (Å²) in [7, 11) is 1.96. The van der Waals surface area contributed by atoms with Crippen molar-refractivity contribution < 1.29 is 4.74 Å². The molecule has 0 spiro atoms. The Morgan fingerprint density at radius 3 is 2.71 bits per heavy atom. The number of thiophene rings is 1. The van der Waals surface area contributed by atoms with E-state index in [2.05, 4.69) is 46.5 Å². The van der Waals surface area contributed by atoms with Gasteiger partial charge in [-0.2, -0.15) is 0 Å². The fourth-order valence-corrected chi connectivity index (χ4v) is 2.65. The Kier molecular flexibility index (Phi) is 5.09. The Balaban J connectivity index is 2.54. The second-order valence-corrected chi connectivity index (χ2v) is 5.25. The van der Waals surface area contributed by atoms with Crippen LogP contribution in [0.1, 0.15) is 24.8 Å². The van der Waals surface area contributed by atoms with Crippen LogP contribution in [-0.2, 0) is 4.74 Å². The largest absolute Gasteiger partial charge is 0.377 e. The standard InChI is InChI=1S/C10H16BrNOS/c1-7(2)13-5-9(12-3)10-4-8(11)6-14-10/h4,6-7,9,12H,5H2,1-3H3. The molecular formula is C10H16BrNOS. The van der Waals surface area contributed by atoms with Gasteiger partial charge >= 0.3 is 0 Å². The molecule has 1 N–H and O–H groups in total. The molecule has 2 nitrogen and oxygen atoms in total. The van der Waals surface area contributed by atoms with Gasteiger partial charge in [0.05, 0.1) is 18.8 Å². The van der Waals surface area contributed by atoms with Crippen LogP contribution in [0.15, 0.2) is 15.9 Å². The van der Waals surface area contributed by atoms with E-state index in [-0.39, 0.29) is 6.10 Å². The molecule has 1 heterocycles. The summed E-state index contributed by atoms with van der Waals surface area (Å²) in [6, 6.07) is 2.43. The number of halogens is 1. The van der Waals surface area contributed by atoms with Gasteiger partial charge in [-0.15, -0.1) is 11.3 Å². The van der Waals surface area contributed by atoms with Gasteiger partial charge in [0, 0.05) is 14.7 Å². The lowest BCUT2D eigenvalue weighted by Gasteiger charge is -2.16. The van der Waals surface area contributed by atoms with Gasteiger partial charge in [-0.1, -0.05) is 0 Å². The molecule has 1 unspecified atom stereocenters. The first-order chi connectivity index (χ1) is 6.63. The predicted molar refractivity (Wildman–Crippen MR) is 64.9 cm³/mol. The van der Waals surface area contributed by atoms with Gasteiger partial charge in [0.25, 0.3) is 0 Å². The Labute approximate surface area is 97.8 Å². The molecule has 1 aromatic heterocycles. The normalized spacial score (nSPS) is 13.5. The molecule has 80 valence electrons. The molecule has 0 aliphatic heterocycles. The minimum Gasteiger partial charge on any atom is -0.377 e. The van der Waals surface area contributed by atoms with E-state index in [0.29, 0.717) is 6.04 Å². The molecule has 0 amide bonds. The summed E-state index contributed by atoms with van der Waals surface area (Å²) in [6.45, 7) is 4.83. The van der Waals surface area contributed by atoms with Gasteiger partial charge in [0.15, 0.2) is 0 Å². The van der Waals surface area contributed by atoms with Crippen molar-refractivity contribution in [1.29, 1.82) is 0 Å². The third-order valence-electron chi connectivity index (χ3n) is 1.88. The first kappa shape index (κ1) is 12.2. The number of ether oxygens (including phenoxy) is 1. The summed E-state index contributed by atoms with van der Waals surface area (Å²) < 4.78 is 6.73. The summed E-state index contributed by atoms with van der Waals surface area (Å²) in [6.07, 6.45) is 0.286. The first-order valence-corrected chi connectivity index (χ1v) is 6.33. The zero-order valence-electron chi connectivity index (χ0n) is 8.71. The third-order valence-corrected chi connectivity index (χ3v) is 3.68. The van der Waals surface area contributed by atoms with Crippen molar-refractivity contribution in [2.45, 2.75) is 26.0 Å². The van der Waals surface area contributed by atoms with Gasteiger partial charge in [-0.3, -0.25) is 0 Å².